The van der Waals surface area contributed by atoms with Crippen molar-refractivity contribution in [2.75, 3.05) is 36.4 Å². The number of carbonyl (C=O) groups excluding carboxylic acids is 1. The number of rotatable bonds is 5. The van der Waals surface area contributed by atoms with E-state index in [4.69, 9.17) is 0 Å². The number of piperidine rings is 1. The molecular formula is C20H31N3O2. The molecule has 0 aromatic heterocycles. The number of hydrogen-bond acceptors (Lipinski definition) is 4. The van der Waals surface area contributed by atoms with Crippen molar-refractivity contribution in [3.05, 3.63) is 24.3 Å². The van der Waals surface area contributed by atoms with Gasteiger partial charge in [0.1, 0.15) is 0 Å². The van der Waals surface area contributed by atoms with Crippen LogP contribution in [0.15, 0.2) is 24.3 Å². The number of benzene rings is 1. The molecule has 1 amide bonds. The first-order chi connectivity index (χ1) is 12.0. The molecule has 2 N–H and O–H groups in total. The van der Waals surface area contributed by atoms with Crippen LogP contribution in [0.2, 0.25) is 0 Å². The van der Waals surface area contributed by atoms with Crippen molar-refractivity contribution in [2.24, 2.45) is 5.92 Å². The highest BCUT2D eigenvalue weighted by molar-refractivity contribution is 5.94. The molecule has 2 aliphatic heterocycles. The van der Waals surface area contributed by atoms with Crippen LogP contribution in [0.4, 0.5) is 11.4 Å². The van der Waals surface area contributed by atoms with Gasteiger partial charge in [-0.1, -0.05) is 0 Å². The van der Waals surface area contributed by atoms with E-state index < -0.39 is 0 Å². The van der Waals surface area contributed by atoms with Crippen LogP contribution in [0, 0.1) is 5.92 Å². The number of nitrogens with zero attached hydrogens (tertiary/aromatic N) is 2. The highest BCUT2D eigenvalue weighted by Gasteiger charge is 2.28. The summed E-state index contributed by atoms with van der Waals surface area (Å²) in [6.07, 6.45) is 4.20. The lowest BCUT2D eigenvalue weighted by Crippen LogP contribution is -2.47. The lowest BCUT2D eigenvalue weighted by molar-refractivity contribution is -0.121. The molecule has 3 rings (SSSR count). The van der Waals surface area contributed by atoms with Crippen molar-refractivity contribution in [1.29, 1.82) is 0 Å². The summed E-state index contributed by atoms with van der Waals surface area (Å²) in [5.41, 5.74) is 2.10. The smallest absolute Gasteiger partial charge is 0.241 e. The minimum absolute atomic E-state index is 0.0458. The maximum absolute atomic E-state index is 12.6. The number of nitrogens with one attached hydrogen (secondary N) is 1. The van der Waals surface area contributed by atoms with Crippen molar-refractivity contribution in [2.45, 2.75) is 51.7 Å². The number of carbonyl (C=O) groups is 1. The summed E-state index contributed by atoms with van der Waals surface area (Å²) >= 11 is 0. The fourth-order valence-corrected chi connectivity index (χ4v) is 3.93. The molecule has 2 unspecified atom stereocenters. The van der Waals surface area contributed by atoms with Gasteiger partial charge in [0.15, 0.2) is 0 Å². The van der Waals surface area contributed by atoms with Gasteiger partial charge in [-0.15, -0.1) is 0 Å². The number of hydrogen-bond donors (Lipinski definition) is 2. The van der Waals surface area contributed by atoms with Gasteiger partial charge >= 0.3 is 0 Å². The monoisotopic (exact) mass is 345 g/mol. The summed E-state index contributed by atoms with van der Waals surface area (Å²) in [7, 11) is 0. The maximum Gasteiger partial charge on any atom is 0.241 e. The van der Waals surface area contributed by atoms with Crippen LogP contribution < -0.4 is 10.2 Å². The zero-order chi connectivity index (χ0) is 17.8. The van der Waals surface area contributed by atoms with Gasteiger partial charge in [-0.05, 0) is 82.8 Å². The van der Waals surface area contributed by atoms with Gasteiger partial charge in [0.05, 0.1) is 12.1 Å². The van der Waals surface area contributed by atoms with E-state index in [1.165, 1.54) is 18.5 Å². The Morgan fingerprint density at radius 3 is 2.24 bits per heavy atom. The van der Waals surface area contributed by atoms with Crippen molar-refractivity contribution < 1.29 is 9.90 Å². The van der Waals surface area contributed by atoms with E-state index in [1.54, 1.807) is 0 Å². The van der Waals surface area contributed by atoms with Gasteiger partial charge in [0.2, 0.25) is 5.91 Å². The molecule has 138 valence electrons. The van der Waals surface area contributed by atoms with Crippen LogP contribution in [0.3, 0.4) is 0 Å². The number of aliphatic hydroxyl groups is 1. The standard InChI is InChI=1S/C20H31N3O2/c1-15(22-13-9-17(10-14-22)16(2)24)20(25)21-18-5-7-19(8-6-18)23-11-3-4-12-23/h5-8,15-17,24H,3-4,9-14H2,1-2H3,(H,21,25). The van der Waals surface area contributed by atoms with Gasteiger partial charge in [0.25, 0.3) is 0 Å². The van der Waals surface area contributed by atoms with Crippen LogP contribution >= 0.6 is 0 Å². The molecule has 0 saturated carbocycles. The zero-order valence-electron chi connectivity index (χ0n) is 15.4. The van der Waals surface area contributed by atoms with Gasteiger partial charge in [-0.3, -0.25) is 9.69 Å². The predicted molar refractivity (Wildman–Crippen MR) is 102 cm³/mol. The third-order valence-electron chi connectivity index (χ3n) is 5.79. The second-order valence-electron chi connectivity index (χ2n) is 7.52. The van der Waals surface area contributed by atoms with E-state index in [1.807, 2.05) is 26.0 Å². The van der Waals surface area contributed by atoms with Crippen LogP contribution in [-0.4, -0.2) is 54.2 Å². The van der Waals surface area contributed by atoms with E-state index in [9.17, 15) is 9.90 Å². The fraction of sp³-hybridized carbons (Fsp3) is 0.650. The zero-order valence-corrected chi connectivity index (χ0v) is 15.4. The molecule has 0 aliphatic carbocycles. The Hall–Kier alpha value is -1.59. The van der Waals surface area contributed by atoms with Gasteiger partial charge in [-0.25, -0.2) is 0 Å². The van der Waals surface area contributed by atoms with E-state index in [2.05, 4.69) is 27.2 Å². The molecule has 2 heterocycles. The minimum atomic E-state index is -0.250. The molecule has 5 heteroatoms. The topological polar surface area (TPSA) is 55.8 Å². The Balaban J connectivity index is 1.51. The Labute approximate surface area is 151 Å². The summed E-state index contributed by atoms with van der Waals surface area (Å²) in [5, 5.41) is 12.7. The first-order valence-electron chi connectivity index (χ1n) is 9.62. The average molecular weight is 345 g/mol. The van der Waals surface area contributed by atoms with Crippen molar-refractivity contribution in [3.63, 3.8) is 0 Å². The molecule has 1 aromatic rings. The van der Waals surface area contributed by atoms with Gasteiger partial charge in [0, 0.05) is 24.5 Å². The van der Waals surface area contributed by atoms with Crippen molar-refractivity contribution in [3.8, 4) is 0 Å². The molecule has 1 aromatic carbocycles. The van der Waals surface area contributed by atoms with Crippen molar-refractivity contribution in [1.82, 2.24) is 4.90 Å². The van der Waals surface area contributed by atoms with Crippen LogP contribution in [-0.2, 0) is 4.79 Å². The summed E-state index contributed by atoms with van der Waals surface area (Å²) in [6, 6.07) is 8.04. The largest absolute Gasteiger partial charge is 0.393 e. The highest BCUT2D eigenvalue weighted by atomic mass is 16.3. The third kappa shape index (κ3) is 4.53. The molecule has 2 aliphatic rings. The fourth-order valence-electron chi connectivity index (χ4n) is 3.93. The Morgan fingerprint density at radius 1 is 1.08 bits per heavy atom. The number of amides is 1. The lowest BCUT2D eigenvalue weighted by atomic mass is 9.91. The molecule has 0 spiro atoms. The minimum Gasteiger partial charge on any atom is -0.393 e. The first-order valence-corrected chi connectivity index (χ1v) is 9.62. The molecule has 0 radical (unpaired) electrons. The summed E-state index contributed by atoms with van der Waals surface area (Å²) in [5.74, 6) is 0.411. The Kier molecular flexibility index (Phi) is 5.97. The maximum atomic E-state index is 12.6. The molecule has 2 fully saturated rings. The average Bonchev–Trinajstić information content (AvgIpc) is 3.16. The normalized spacial score (nSPS) is 22.0. The van der Waals surface area contributed by atoms with E-state index in [0.717, 1.165) is 44.7 Å². The van der Waals surface area contributed by atoms with E-state index in [-0.39, 0.29) is 18.1 Å². The Morgan fingerprint density at radius 2 is 1.68 bits per heavy atom. The number of aliphatic hydroxyl groups excluding tert-OH is 1. The number of likely N-dealkylation sites (tertiary alicyclic amines) is 1. The number of anilines is 2. The SMILES string of the molecule is CC(O)C1CCN(C(C)C(=O)Nc2ccc(N3CCCC3)cc2)CC1. The summed E-state index contributed by atoms with van der Waals surface area (Å²) in [6.45, 7) is 7.84. The summed E-state index contributed by atoms with van der Waals surface area (Å²) < 4.78 is 0. The van der Waals surface area contributed by atoms with E-state index >= 15 is 0 Å². The van der Waals surface area contributed by atoms with Gasteiger partial charge in [-0.2, -0.15) is 0 Å². The lowest BCUT2D eigenvalue weighted by Gasteiger charge is -2.36. The molecular weight excluding hydrogens is 314 g/mol. The Bertz CT molecular complexity index is 559. The molecule has 5 nitrogen and oxygen atoms in total. The van der Waals surface area contributed by atoms with Crippen LogP contribution in [0.1, 0.15) is 39.5 Å². The third-order valence-corrected chi connectivity index (χ3v) is 5.79. The van der Waals surface area contributed by atoms with Gasteiger partial charge < -0.3 is 15.3 Å². The first kappa shape index (κ1) is 18.2. The van der Waals surface area contributed by atoms with Crippen LogP contribution in [0.25, 0.3) is 0 Å². The predicted octanol–water partition coefficient (Wildman–Crippen LogP) is 2.71. The molecule has 2 saturated heterocycles. The molecule has 25 heavy (non-hydrogen) atoms. The summed E-state index contributed by atoms with van der Waals surface area (Å²) in [4.78, 5) is 17.2. The quantitative estimate of drug-likeness (QED) is 0.861. The second-order valence-corrected chi connectivity index (χ2v) is 7.52. The highest BCUT2D eigenvalue weighted by Crippen LogP contribution is 2.24. The van der Waals surface area contributed by atoms with Crippen molar-refractivity contribution >= 4 is 17.3 Å². The van der Waals surface area contributed by atoms with Crippen LogP contribution in [0.5, 0.6) is 0 Å². The molecule has 2 atom stereocenters. The second kappa shape index (κ2) is 8.19. The van der Waals surface area contributed by atoms with E-state index in [0.29, 0.717) is 5.92 Å². The molecule has 0 bridgehead atoms.